The molecule has 0 aliphatic carbocycles. The van der Waals surface area contributed by atoms with Crippen LogP contribution in [0.15, 0.2) is 4.99 Å². The summed E-state index contributed by atoms with van der Waals surface area (Å²) in [7, 11) is 0. The van der Waals surface area contributed by atoms with E-state index in [4.69, 9.17) is 5.11 Å². The zero-order chi connectivity index (χ0) is 5.98. The molecular weight excluding hydrogens is 102 g/mol. The van der Waals surface area contributed by atoms with Gasteiger partial charge < -0.3 is 5.11 Å². The van der Waals surface area contributed by atoms with Crippen molar-refractivity contribution in [2.75, 3.05) is 13.2 Å². The molecule has 1 N–H and O–H groups in total. The summed E-state index contributed by atoms with van der Waals surface area (Å²) in [5.41, 5.74) is 1.18. The van der Waals surface area contributed by atoms with E-state index in [2.05, 4.69) is 4.99 Å². The topological polar surface area (TPSA) is 32.6 Å². The third-order valence-electron chi connectivity index (χ3n) is 1.46. The third kappa shape index (κ3) is 1.07. The minimum Gasteiger partial charge on any atom is -0.396 e. The van der Waals surface area contributed by atoms with Crippen LogP contribution in [0.4, 0.5) is 0 Å². The molecule has 2 heteroatoms. The van der Waals surface area contributed by atoms with Gasteiger partial charge in [-0.05, 0) is 13.3 Å². The molecule has 0 fully saturated rings. The van der Waals surface area contributed by atoms with Crippen LogP contribution in [-0.2, 0) is 0 Å². The van der Waals surface area contributed by atoms with Gasteiger partial charge in [-0.3, -0.25) is 4.99 Å². The molecule has 0 spiro atoms. The normalized spacial score (nSPS) is 28.2. The van der Waals surface area contributed by atoms with E-state index in [1.54, 1.807) is 0 Å². The van der Waals surface area contributed by atoms with Gasteiger partial charge in [-0.25, -0.2) is 0 Å². The molecule has 0 saturated carbocycles. The summed E-state index contributed by atoms with van der Waals surface area (Å²) in [6.07, 6.45) is 0.997. The first kappa shape index (κ1) is 5.76. The second-order valence-electron chi connectivity index (χ2n) is 2.33. The highest BCUT2D eigenvalue weighted by Crippen LogP contribution is 2.11. The van der Waals surface area contributed by atoms with Gasteiger partial charge in [0.15, 0.2) is 0 Å². The summed E-state index contributed by atoms with van der Waals surface area (Å²) in [4.78, 5) is 4.15. The molecule has 1 aliphatic rings. The van der Waals surface area contributed by atoms with E-state index < -0.39 is 0 Å². The van der Waals surface area contributed by atoms with E-state index in [9.17, 15) is 0 Å². The highest BCUT2D eigenvalue weighted by atomic mass is 16.3. The molecule has 0 bridgehead atoms. The summed E-state index contributed by atoms with van der Waals surface area (Å²) >= 11 is 0. The summed E-state index contributed by atoms with van der Waals surface area (Å²) in [6.45, 7) is 3.14. The SMILES string of the molecule is CC1=NCC(CO)C1. The van der Waals surface area contributed by atoms with Crippen molar-refractivity contribution in [1.29, 1.82) is 0 Å². The van der Waals surface area contributed by atoms with Gasteiger partial charge in [0.05, 0.1) is 0 Å². The Morgan fingerprint density at radius 3 is 2.88 bits per heavy atom. The maximum absolute atomic E-state index is 8.61. The Morgan fingerprint density at radius 1 is 1.88 bits per heavy atom. The minimum atomic E-state index is 0.292. The number of aliphatic hydroxyl groups excluding tert-OH is 1. The maximum Gasteiger partial charge on any atom is 0.0480 e. The summed E-state index contributed by atoms with van der Waals surface area (Å²) in [5, 5.41) is 8.61. The molecule has 8 heavy (non-hydrogen) atoms. The van der Waals surface area contributed by atoms with Gasteiger partial charge in [0.2, 0.25) is 0 Å². The van der Waals surface area contributed by atoms with Crippen LogP contribution in [0, 0.1) is 5.92 Å². The maximum atomic E-state index is 8.61. The first-order chi connectivity index (χ1) is 3.83. The molecule has 0 saturated heterocycles. The third-order valence-corrected chi connectivity index (χ3v) is 1.46. The fourth-order valence-corrected chi connectivity index (χ4v) is 0.954. The first-order valence-electron chi connectivity index (χ1n) is 2.93. The Bertz CT molecular complexity index is 109. The fraction of sp³-hybridized carbons (Fsp3) is 0.833. The van der Waals surface area contributed by atoms with E-state index in [1.165, 1.54) is 5.71 Å². The number of nitrogens with zero attached hydrogens (tertiary/aromatic N) is 1. The van der Waals surface area contributed by atoms with E-state index in [1.807, 2.05) is 6.92 Å². The van der Waals surface area contributed by atoms with Crippen LogP contribution in [0.5, 0.6) is 0 Å². The lowest BCUT2D eigenvalue weighted by Gasteiger charge is -1.99. The second kappa shape index (κ2) is 2.27. The highest BCUT2D eigenvalue weighted by molar-refractivity contribution is 5.83. The number of aliphatic imine (C=N–C) groups is 1. The number of hydrogen-bond donors (Lipinski definition) is 1. The average Bonchev–Trinajstić information content (AvgIpc) is 2.14. The first-order valence-corrected chi connectivity index (χ1v) is 2.93. The zero-order valence-electron chi connectivity index (χ0n) is 5.09. The smallest absolute Gasteiger partial charge is 0.0480 e. The van der Waals surface area contributed by atoms with E-state index in [0.29, 0.717) is 12.5 Å². The van der Waals surface area contributed by atoms with Crippen molar-refractivity contribution >= 4 is 5.71 Å². The number of hydrogen-bond acceptors (Lipinski definition) is 2. The van der Waals surface area contributed by atoms with Crippen molar-refractivity contribution in [2.45, 2.75) is 13.3 Å². The number of rotatable bonds is 1. The standard InChI is InChI=1S/C6H11NO/c1-5-2-6(4-8)3-7-5/h6,8H,2-4H2,1H3. The van der Waals surface area contributed by atoms with Gasteiger partial charge in [0.1, 0.15) is 0 Å². The lowest BCUT2D eigenvalue weighted by atomic mass is 10.1. The van der Waals surface area contributed by atoms with Crippen LogP contribution >= 0.6 is 0 Å². The molecule has 46 valence electrons. The van der Waals surface area contributed by atoms with E-state index in [0.717, 1.165) is 13.0 Å². The van der Waals surface area contributed by atoms with Crippen LogP contribution in [0.2, 0.25) is 0 Å². The minimum absolute atomic E-state index is 0.292. The van der Waals surface area contributed by atoms with Crippen LogP contribution in [0.1, 0.15) is 13.3 Å². The molecule has 1 unspecified atom stereocenters. The molecule has 0 aromatic carbocycles. The van der Waals surface area contributed by atoms with Crippen LogP contribution < -0.4 is 0 Å². The van der Waals surface area contributed by atoms with Gasteiger partial charge in [-0.15, -0.1) is 0 Å². The Kier molecular flexibility index (Phi) is 1.63. The van der Waals surface area contributed by atoms with E-state index in [-0.39, 0.29) is 0 Å². The number of aliphatic hydroxyl groups is 1. The second-order valence-corrected chi connectivity index (χ2v) is 2.33. The average molecular weight is 113 g/mol. The van der Waals surface area contributed by atoms with Crippen LogP contribution in [0.25, 0.3) is 0 Å². The molecule has 1 atom stereocenters. The lowest BCUT2D eigenvalue weighted by molar-refractivity contribution is 0.239. The van der Waals surface area contributed by atoms with Crippen molar-refractivity contribution in [3.63, 3.8) is 0 Å². The summed E-state index contributed by atoms with van der Waals surface area (Å²) in [6, 6.07) is 0. The fourth-order valence-electron chi connectivity index (χ4n) is 0.954. The van der Waals surface area contributed by atoms with Gasteiger partial charge in [0.25, 0.3) is 0 Å². The molecule has 1 rings (SSSR count). The van der Waals surface area contributed by atoms with Crippen molar-refractivity contribution in [1.82, 2.24) is 0 Å². The van der Waals surface area contributed by atoms with Crippen molar-refractivity contribution in [2.24, 2.45) is 10.9 Å². The van der Waals surface area contributed by atoms with Crippen molar-refractivity contribution in [3.8, 4) is 0 Å². The predicted octanol–water partition coefficient (Wildman–Crippen LogP) is 0.460. The molecule has 1 aliphatic heterocycles. The Balaban J connectivity index is 2.32. The largest absolute Gasteiger partial charge is 0.396 e. The molecular formula is C6H11NO. The molecule has 0 aromatic rings. The monoisotopic (exact) mass is 113 g/mol. The van der Waals surface area contributed by atoms with Crippen molar-refractivity contribution < 1.29 is 5.11 Å². The summed E-state index contributed by atoms with van der Waals surface area (Å²) in [5.74, 6) is 0.426. The molecule has 0 radical (unpaired) electrons. The van der Waals surface area contributed by atoms with Gasteiger partial charge in [-0.1, -0.05) is 0 Å². The Labute approximate surface area is 49.2 Å². The predicted molar refractivity (Wildman–Crippen MR) is 33.2 cm³/mol. The van der Waals surface area contributed by atoms with Crippen LogP contribution in [0.3, 0.4) is 0 Å². The zero-order valence-corrected chi connectivity index (χ0v) is 5.09. The molecule has 0 amide bonds. The molecule has 2 nitrogen and oxygen atoms in total. The Morgan fingerprint density at radius 2 is 2.62 bits per heavy atom. The lowest BCUT2D eigenvalue weighted by Crippen LogP contribution is -2.05. The van der Waals surface area contributed by atoms with Gasteiger partial charge in [-0.2, -0.15) is 0 Å². The molecule has 1 heterocycles. The summed E-state index contributed by atoms with van der Waals surface area (Å²) < 4.78 is 0. The van der Waals surface area contributed by atoms with E-state index >= 15 is 0 Å². The molecule has 0 aromatic heterocycles. The van der Waals surface area contributed by atoms with Crippen LogP contribution in [-0.4, -0.2) is 24.0 Å². The quantitative estimate of drug-likeness (QED) is 0.526. The van der Waals surface area contributed by atoms with Gasteiger partial charge >= 0.3 is 0 Å². The van der Waals surface area contributed by atoms with Crippen molar-refractivity contribution in [3.05, 3.63) is 0 Å². The van der Waals surface area contributed by atoms with Gasteiger partial charge in [0, 0.05) is 24.8 Å². The Hall–Kier alpha value is -0.370. The highest BCUT2D eigenvalue weighted by Gasteiger charge is 2.13.